The molecule has 1 aromatic rings. The van der Waals surface area contributed by atoms with E-state index < -0.39 is 0 Å². The minimum absolute atomic E-state index is 0.234. The third-order valence-electron chi connectivity index (χ3n) is 4.09. The molecule has 1 aliphatic heterocycles. The predicted molar refractivity (Wildman–Crippen MR) is 94.2 cm³/mol. The fourth-order valence-electron chi connectivity index (χ4n) is 2.74. The Bertz CT molecular complexity index is 441. The number of likely N-dealkylation sites (tertiary alicyclic amines) is 1. The first kappa shape index (κ1) is 17.5. The molecule has 0 N–H and O–H groups in total. The summed E-state index contributed by atoms with van der Waals surface area (Å²) in [6, 6.07) is 7.60. The molecular weight excluding hydrogens is 342 g/mol. The second-order valence-electron chi connectivity index (χ2n) is 5.84. The zero-order valence-corrected chi connectivity index (χ0v) is 14.8. The number of halogens is 1. The number of nitrogens with zero attached hydrogens (tertiary/aromatic N) is 1. The quantitative estimate of drug-likeness (QED) is 0.350. The number of Topliss-reactive ketones (excluding diaryl/α,β-unsaturated/α-hetero) is 1. The van der Waals surface area contributed by atoms with Crippen molar-refractivity contribution in [1.29, 1.82) is 0 Å². The fourth-order valence-corrected chi connectivity index (χ4v) is 3.13. The zero-order chi connectivity index (χ0) is 15.6. The molecule has 0 saturated carbocycles. The Balaban J connectivity index is 1.68. The van der Waals surface area contributed by atoms with Gasteiger partial charge in [0.05, 0.1) is 0 Å². The number of ether oxygens (including phenoxy) is 1. The lowest BCUT2D eigenvalue weighted by Crippen LogP contribution is -2.25. The van der Waals surface area contributed by atoms with Crippen LogP contribution in [-0.4, -0.2) is 42.3 Å². The van der Waals surface area contributed by atoms with E-state index >= 15 is 0 Å². The molecule has 0 bridgehead atoms. The summed E-state index contributed by atoms with van der Waals surface area (Å²) in [5.74, 6) is 1.09. The Kier molecular flexibility index (Phi) is 7.95. The third kappa shape index (κ3) is 6.09. The minimum Gasteiger partial charge on any atom is -0.492 e. The molecule has 0 amide bonds. The minimum atomic E-state index is 0.234. The van der Waals surface area contributed by atoms with Crippen LogP contribution in [0.5, 0.6) is 5.75 Å². The van der Waals surface area contributed by atoms with E-state index in [1.807, 2.05) is 24.3 Å². The highest BCUT2D eigenvalue weighted by Gasteiger charge is 2.11. The van der Waals surface area contributed by atoms with Crippen molar-refractivity contribution in [2.45, 2.75) is 38.5 Å². The monoisotopic (exact) mass is 367 g/mol. The second kappa shape index (κ2) is 10.0. The van der Waals surface area contributed by atoms with E-state index in [1.165, 1.54) is 25.9 Å². The Morgan fingerprint density at radius 2 is 1.82 bits per heavy atom. The number of benzene rings is 1. The summed E-state index contributed by atoms with van der Waals surface area (Å²) in [7, 11) is 0. The highest BCUT2D eigenvalue weighted by atomic mass is 79.9. The first-order valence-corrected chi connectivity index (χ1v) is 9.46. The first-order chi connectivity index (χ1) is 10.8. The van der Waals surface area contributed by atoms with Crippen molar-refractivity contribution >= 4 is 21.7 Å². The Hall–Kier alpha value is -0.870. The molecule has 0 atom stereocenters. The molecule has 122 valence electrons. The highest BCUT2D eigenvalue weighted by Crippen LogP contribution is 2.15. The number of ketones is 1. The van der Waals surface area contributed by atoms with E-state index in [1.54, 1.807) is 0 Å². The van der Waals surface area contributed by atoms with Crippen LogP contribution in [0.2, 0.25) is 0 Å². The van der Waals surface area contributed by atoms with Gasteiger partial charge >= 0.3 is 0 Å². The summed E-state index contributed by atoms with van der Waals surface area (Å²) in [5, 5.41) is 1.02. The van der Waals surface area contributed by atoms with Gasteiger partial charge in [-0.3, -0.25) is 9.69 Å². The molecule has 0 aromatic heterocycles. The fraction of sp³-hybridized carbons (Fsp3) is 0.611. The maximum Gasteiger partial charge on any atom is 0.162 e. The Labute approximate surface area is 142 Å². The van der Waals surface area contributed by atoms with Crippen molar-refractivity contribution in [3.8, 4) is 5.75 Å². The molecule has 1 fully saturated rings. The van der Waals surface area contributed by atoms with Crippen LogP contribution in [0.1, 0.15) is 48.9 Å². The standard InChI is InChI=1S/C18H26BrNO2/c19-11-3-1-2-6-18(21)16-7-9-17(10-8-16)22-15-14-20-12-4-5-13-20/h7-10H,1-6,11-15H2. The topological polar surface area (TPSA) is 29.5 Å². The van der Waals surface area contributed by atoms with E-state index in [0.29, 0.717) is 6.42 Å². The molecule has 1 aromatic carbocycles. The average molecular weight is 368 g/mol. The highest BCUT2D eigenvalue weighted by molar-refractivity contribution is 9.09. The maximum atomic E-state index is 12.0. The van der Waals surface area contributed by atoms with Crippen LogP contribution >= 0.6 is 15.9 Å². The normalized spacial score (nSPS) is 15.1. The van der Waals surface area contributed by atoms with Crippen LogP contribution in [0.4, 0.5) is 0 Å². The van der Waals surface area contributed by atoms with Crippen LogP contribution in [-0.2, 0) is 0 Å². The number of hydrogen-bond acceptors (Lipinski definition) is 3. The number of rotatable bonds is 10. The first-order valence-electron chi connectivity index (χ1n) is 8.34. The molecule has 0 radical (unpaired) electrons. The van der Waals surface area contributed by atoms with Gasteiger partial charge in [0.2, 0.25) is 0 Å². The van der Waals surface area contributed by atoms with Crippen molar-refractivity contribution in [2.75, 3.05) is 31.6 Å². The molecule has 0 spiro atoms. The summed E-state index contributed by atoms with van der Waals surface area (Å²) >= 11 is 3.41. The molecule has 1 saturated heterocycles. The number of carbonyl (C=O) groups excluding carboxylic acids is 1. The van der Waals surface area contributed by atoms with Gasteiger partial charge in [-0.05, 0) is 63.0 Å². The average Bonchev–Trinajstić information content (AvgIpc) is 3.05. The summed E-state index contributed by atoms with van der Waals surface area (Å²) in [6.45, 7) is 4.12. The van der Waals surface area contributed by atoms with Gasteiger partial charge in [-0.15, -0.1) is 0 Å². The van der Waals surface area contributed by atoms with Crippen LogP contribution < -0.4 is 4.74 Å². The van der Waals surface area contributed by atoms with Crippen LogP contribution in [0.3, 0.4) is 0 Å². The Morgan fingerprint density at radius 1 is 1.09 bits per heavy atom. The van der Waals surface area contributed by atoms with Crippen molar-refractivity contribution in [1.82, 2.24) is 4.90 Å². The van der Waals surface area contributed by atoms with Crippen molar-refractivity contribution < 1.29 is 9.53 Å². The van der Waals surface area contributed by atoms with Gasteiger partial charge < -0.3 is 4.74 Å². The van der Waals surface area contributed by atoms with Crippen LogP contribution in [0, 0.1) is 0 Å². The van der Waals surface area contributed by atoms with E-state index in [0.717, 1.165) is 49.1 Å². The summed E-state index contributed by atoms with van der Waals surface area (Å²) in [6.07, 6.45) is 6.48. The summed E-state index contributed by atoms with van der Waals surface area (Å²) in [4.78, 5) is 14.5. The smallest absolute Gasteiger partial charge is 0.162 e. The van der Waals surface area contributed by atoms with E-state index in [9.17, 15) is 4.79 Å². The van der Waals surface area contributed by atoms with Crippen LogP contribution in [0.25, 0.3) is 0 Å². The molecule has 1 heterocycles. The Morgan fingerprint density at radius 3 is 2.50 bits per heavy atom. The van der Waals surface area contributed by atoms with Gasteiger partial charge in [0.15, 0.2) is 5.78 Å². The molecule has 1 aliphatic rings. The predicted octanol–water partition coefficient (Wildman–Crippen LogP) is 4.30. The van der Waals surface area contributed by atoms with Crippen molar-refractivity contribution in [3.05, 3.63) is 29.8 Å². The SMILES string of the molecule is O=C(CCCCCBr)c1ccc(OCCN2CCCC2)cc1. The van der Waals surface area contributed by atoms with Gasteiger partial charge in [0.25, 0.3) is 0 Å². The molecule has 4 heteroatoms. The number of alkyl halides is 1. The molecular formula is C18H26BrNO2. The number of hydrogen-bond donors (Lipinski definition) is 0. The number of carbonyl (C=O) groups is 1. The molecule has 22 heavy (non-hydrogen) atoms. The van der Waals surface area contributed by atoms with Gasteiger partial charge in [0, 0.05) is 23.9 Å². The van der Waals surface area contributed by atoms with Crippen molar-refractivity contribution in [3.63, 3.8) is 0 Å². The summed E-state index contributed by atoms with van der Waals surface area (Å²) in [5.41, 5.74) is 0.797. The van der Waals surface area contributed by atoms with E-state index in [4.69, 9.17) is 4.74 Å². The lowest BCUT2D eigenvalue weighted by Gasteiger charge is -2.15. The summed E-state index contributed by atoms with van der Waals surface area (Å²) < 4.78 is 5.76. The van der Waals surface area contributed by atoms with Gasteiger partial charge in [-0.2, -0.15) is 0 Å². The maximum absolute atomic E-state index is 12.0. The van der Waals surface area contributed by atoms with E-state index in [-0.39, 0.29) is 5.78 Å². The van der Waals surface area contributed by atoms with Crippen LogP contribution in [0.15, 0.2) is 24.3 Å². The van der Waals surface area contributed by atoms with E-state index in [2.05, 4.69) is 20.8 Å². The third-order valence-corrected chi connectivity index (χ3v) is 4.65. The molecule has 3 nitrogen and oxygen atoms in total. The van der Waals surface area contributed by atoms with Gasteiger partial charge in [0.1, 0.15) is 12.4 Å². The number of unbranched alkanes of at least 4 members (excludes halogenated alkanes) is 2. The lowest BCUT2D eigenvalue weighted by molar-refractivity contribution is 0.0979. The molecule has 0 unspecified atom stereocenters. The largest absolute Gasteiger partial charge is 0.492 e. The van der Waals surface area contributed by atoms with Gasteiger partial charge in [-0.1, -0.05) is 22.4 Å². The van der Waals surface area contributed by atoms with Gasteiger partial charge in [-0.25, -0.2) is 0 Å². The zero-order valence-electron chi connectivity index (χ0n) is 13.2. The molecule has 0 aliphatic carbocycles. The van der Waals surface area contributed by atoms with Crippen molar-refractivity contribution in [2.24, 2.45) is 0 Å². The molecule has 2 rings (SSSR count). The lowest BCUT2D eigenvalue weighted by atomic mass is 10.0. The second-order valence-corrected chi connectivity index (χ2v) is 6.64.